The number of fused-ring (bicyclic) bond motifs is 1. The van der Waals surface area contributed by atoms with Gasteiger partial charge in [-0.3, -0.25) is 4.79 Å². The van der Waals surface area contributed by atoms with Crippen molar-refractivity contribution >= 4 is 21.4 Å². The Bertz CT molecular complexity index is 1370. The summed E-state index contributed by atoms with van der Waals surface area (Å²) in [5.41, 5.74) is 0.312. The summed E-state index contributed by atoms with van der Waals surface area (Å²) in [5.74, 6) is -1.90. The normalized spacial score (nSPS) is 16.9. The highest BCUT2D eigenvalue weighted by Crippen LogP contribution is 2.30. The predicted molar refractivity (Wildman–Crippen MR) is 117 cm³/mol. The van der Waals surface area contributed by atoms with Gasteiger partial charge in [-0.15, -0.1) is 5.10 Å². The van der Waals surface area contributed by atoms with Crippen molar-refractivity contribution in [3.63, 3.8) is 0 Å². The van der Waals surface area contributed by atoms with Gasteiger partial charge in [-0.05, 0) is 32.3 Å². The van der Waals surface area contributed by atoms with E-state index in [-0.39, 0.29) is 34.7 Å². The van der Waals surface area contributed by atoms with Crippen molar-refractivity contribution in [1.29, 1.82) is 0 Å². The van der Waals surface area contributed by atoms with E-state index in [0.717, 1.165) is 12.3 Å². The number of pyridine rings is 1. The van der Waals surface area contributed by atoms with E-state index in [1.54, 1.807) is 13.8 Å². The molecule has 3 aromatic rings. The summed E-state index contributed by atoms with van der Waals surface area (Å²) >= 11 is 0. The fourth-order valence-electron chi connectivity index (χ4n) is 3.55. The second kappa shape index (κ2) is 9.32. The first-order valence-electron chi connectivity index (χ1n) is 10.6. The van der Waals surface area contributed by atoms with E-state index in [1.165, 1.54) is 16.8 Å². The summed E-state index contributed by atoms with van der Waals surface area (Å²) in [4.78, 5) is 20.9. The first kappa shape index (κ1) is 24.7. The van der Waals surface area contributed by atoms with Gasteiger partial charge in [0, 0.05) is 17.7 Å². The van der Waals surface area contributed by atoms with Crippen molar-refractivity contribution in [3.8, 4) is 17.5 Å². The minimum Gasteiger partial charge on any atom is -0.482 e. The van der Waals surface area contributed by atoms with Gasteiger partial charge in [0.15, 0.2) is 11.4 Å². The van der Waals surface area contributed by atoms with Crippen LogP contribution < -0.4 is 14.8 Å². The smallest absolute Gasteiger partial charge is 0.272 e. The van der Waals surface area contributed by atoms with Gasteiger partial charge in [-0.2, -0.15) is 0 Å². The van der Waals surface area contributed by atoms with Gasteiger partial charge < -0.3 is 14.8 Å². The van der Waals surface area contributed by atoms with Crippen LogP contribution in [0.1, 0.15) is 35.8 Å². The van der Waals surface area contributed by atoms with E-state index in [4.69, 9.17) is 9.47 Å². The number of hydrogen-bond acceptors (Lipinski definition) is 8. The number of nitrogens with zero attached hydrogens (tertiary/aromatic N) is 4. The second-order valence-corrected chi connectivity index (χ2v) is 10.8. The zero-order chi connectivity index (χ0) is 25.4. The van der Waals surface area contributed by atoms with Crippen molar-refractivity contribution in [2.24, 2.45) is 0 Å². The molecule has 0 unspecified atom stereocenters. The van der Waals surface area contributed by atoms with Gasteiger partial charge in [0.05, 0.1) is 23.9 Å². The number of aromatic nitrogens is 4. The Kier molecular flexibility index (Phi) is 6.58. The maximum absolute atomic E-state index is 13.5. The Morgan fingerprint density at radius 1 is 1.29 bits per heavy atom. The number of sulfone groups is 1. The summed E-state index contributed by atoms with van der Waals surface area (Å²) in [6.07, 6.45) is 0.0276. The molecular formula is C21H22F3N5O5S. The van der Waals surface area contributed by atoms with Crippen molar-refractivity contribution in [1.82, 2.24) is 24.9 Å². The number of carbonyl (C=O) groups is 1. The van der Waals surface area contributed by atoms with Crippen molar-refractivity contribution < 1.29 is 35.9 Å². The fraction of sp³-hybridized carbons (Fsp3) is 0.429. The van der Waals surface area contributed by atoms with Gasteiger partial charge in [0.2, 0.25) is 5.88 Å². The molecule has 4 heterocycles. The minimum absolute atomic E-state index is 0.00323. The molecule has 188 valence electrons. The fourth-order valence-corrected chi connectivity index (χ4v) is 5.28. The molecule has 0 bridgehead atoms. The largest absolute Gasteiger partial charge is 0.482 e. The lowest BCUT2D eigenvalue weighted by molar-refractivity contribution is 0.0801. The molecule has 1 amide bonds. The molecule has 1 fully saturated rings. The first-order chi connectivity index (χ1) is 16.4. The number of ether oxygens (including phenoxy) is 2. The van der Waals surface area contributed by atoms with Gasteiger partial charge >= 0.3 is 0 Å². The standard InChI is InChI=1S/C21H22F3N5O5S/c1-12-7-17(34-20-15(33-11-16(23)24)8-13(22)9-25-20)28-29-10-14(26-18(12)29)19(30)27-21(2)3-5-35(31,32)6-4-21/h7-10,16H,3-6,11H2,1-2H3,(H,27,30). The number of aryl methyl sites for hydroxylation is 1. The van der Waals surface area contributed by atoms with Gasteiger partial charge in [-0.1, -0.05) is 0 Å². The summed E-state index contributed by atoms with van der Waals surface area (Å²) in [6.45, 7) is 2.50. The summed E-state index contributed by atoms with van der Waals surface area (Å²) < 4.78 is 73.7. The highest BCUT2D eigenvalue weighted by molar-refractivity contribution is 7.91. The maximum Gasteiger partial charge on any atom is 0.272 e. The molecule has 1 aliphatic rings. The molecule has 0 atom stereocenters. The molecule has 14 heteroatoms. The molecule has 0 saturated carbocycles. The number of rotatable bonds is 7. The Hall–Kier alpha value is -3.42. The van der Waals surface area contributed by atoms with Crippen molar-refractivity contribution in [2.45, 2.75) is 38.7 Å². The first-order valence-corrected chi connectivity index (χ1v) is 12.4. The lowest BCUT2D eigenvalue weighted by Crippen LogP contribution is -2.51. The molecule has 0 spiro atoms. The third kappa shape index (κ3) is 5.81. The van der Waals surface area contributed by atoms with Crippen LogP contribution in [0.25, 0.3) is 5.65 Å². The molecular weight excluding hydrogens is 491 g/mol. The lowest BCUT2D eigenvalue weighted by atomic mass is 9.95. The lowest BCUT2D eigenvalue weighted by Gasteiger charge is -2.34. The average Bonchev–Trinajstić information content (AvgIpc) is 3.21. The second-order valence-electron chi connectivity index (χ2n) is 8.49. The average molecular weight is 513 g/mol. The molecule has 1 N–H and O–H groups in total. The predicted octanol–water partition coefficient (Wildman–Crippen LogP) is 2.71. The highest BCUT2D eigenvalue weighted by Gasteiger charge is 2.35. The molecule has 1 saturated heterocycles. The van der Waals surface area contributed by atoms with Crippen LogP contribution in [0.15, 0.2) is 24.5 Å². The number of imidazole rings is 1. The number of nitrogens with one attached hydrogen (secondary N) is 1. The van der Waals surface area contributed by atoms with E-state index in [1.807, 2.05) is 0 Å². The highest BCUT2D eigenvalue weighted by atomic mass is 32.2. The van der Waals surface area contributed by atoms with Crippen LogP contribution in [-0.2, 0) is 9.84 Å². The van der Waals surface area contributed by atoms with Crippen LogP contribution >= 0.6 is 0 Å². The summed E-state index contributed by atoms with van der Waals surface area (Å²) in [5, 5.41) is 7.07. The molecule has 1 aliphatic heterocycles. The Labute approximate surface area is 198 Å². The molecule has 35 heavy (non-hydrogen) atoms. The number of amides is 1. The Morgan fingerprint density at radius 2 is 2.00 bits per heavy atom. The number of carbonyl (C=O) groups excluding carboxylic acids is 1. The monoisotopic (exact) mass is 513 g/mol. The summed E-state index contributed by atoms with van der Waals surface area (Å²) in [7, 11) is -3.09. The van der Waals surface area contributed by atoms with Gasteiger partial charge in [-0.25, -0.2) is 36.1 Å². The molecule has 10 nitrogen and oxygen atoms in total. The molecule has 0 radical (unpaired) electrons. The zero-order valence-electron chi connectivity index (χ0n) is 18.8. The maximum atomic E-state index is 13.5. The van der Waals surface area contributed by atoms with Crippen LogP contribution in [-0.4, -0.2) is 64.0 Å². The van der Waals surface area contributed by atoms with Crippen LogP contribution in [0.3, 0.4) is 0 Å². The van der Waals surface area contributed by atoms with E-state index in [2.05, 4.69) is 20.4 Å². The van der Waals surface area contributed by atoms with Crippen LogP contribution in [0.5, 0.6) is 17.5 Å². The summed E-state index contributed by atoms with van der Waals surface area (Å²) in [6, 6.07) is 2.35. The third-order valence-corrected chi connectivity index (χ3v) is 7.17. The Balaban J connectivity index is 1.55. The van der Waals surface area contributed by atoms with Crippen LogP contribution in [0, 0.1) is 12.7 Å². The Morgan fingerprint density at radius 3 is 2.69 bits per heavy atom. The molecule has 0 aliphatic carbocycles. The van der Waals surface area contributed by atoms with E-state index < -0.39 is 40.1 Å². The zero-order valence-corrected chi connectivity index (χ0v) is 19.6. The van der Waals surface area contributed by atoms with Crippen LogP contribution in [0.2, 0.25) is 0 Å². The molecule has 3 aromatic heterocycles. The van der Waals surface area contributed by atoms with Gasteiger partial charge in [0.25, 0.3) is 18.2 Å². The van der Waals surface area contributed by atoms with E-state index >= 15 is 0 Å². The van der Waals surface area contributed by atoms with Crippen molar-refractivity contribution in [2.75, 3.05) is 18.1 Å². The molecule has 0 aromatic carbocycles. The van der Waals surface area contributed by atoms with Gasteiger partial charge in [0.1, 0.15) is 28.0 Å². The third-order valence-electron chi connectivity index (χ3n) is 5.52. The number of alkyl halides is 2. The van der Waals surface area contributed by atoms with Crippen LogP contribution in [0.4, 0.5) is 13.2 Å². The SMILES string of the molecule is Cc1cc(Oc2ncc(F)cc2OCC(F)F)nn2cc(C(=O)NC3(C)CCS(=O)(=O)CC3)nc12. The molecule has 4 rings (SSSR count). The number of halogens is 3. The van der Waals surface area contributed by atoms with E-state index in [0.29, 0.717) is 24.1 Å². The quantitative estimate of drug-likeness (QED) is 0.511. The topological polar surface area (TPSA) is 125 Å². The minimum atomic E-state index is -3.09. The van der Waals surface area contributed by atoms with Crippen molar-refractivity contribution in [3.05, 3.63) is 41.6 Å². The van der Waals surface area contributed by atoms with E-state index in [9.17, 15) is 26.4 Å². The number of hydrogen-bond donors (Lipinski definition) is 1.